The van der Waals surface area contributed by atoms with Crippen LogP contribution in [0.3, 0.4) is 0 Å². The highest BCUT2D eigenvalue weighted by Gasteiger charge is 2.14. The van der Waals surface area contributed by atoms with Gasteiger partial charge in [0.05, 0.1) is 18.6 Å². The summed E-state index contributed by atoms with van der Waals surface area (Å²) in [6.07, 6.45) is 3.63. The molecule has 0 atom stereocenters. The van der Waals surface area contributed by atoms with E-state index in [2.05, 4.69) is 10.3 Å². The summed E-state index contributed by atoms with van der Waals surface area (Å²) in [4.78, 5) is 16.5. The van der Waals surface area contributed by atoms with E-state index in [1.54, 1.807) is 49.3 Å². The van der Waals surface area contributed by atoms with Crippen LogP contribution in [0, 0.1) is 0 Å². The molecule has 3 rings (SSSR count). The van der Waals surface area contributed by atoms with Crippen molar-refractivity contribution in [3.05, 3.63) is 60.3 Å². The SMILES string of the molecule is COc1ccccc1NC(=O)c1ccc(CSc2nccn2C)o1. The number of imidazole rings is 1. The van der Waals surface area contributed by atoms with Gasteiger partial charge in [0.1, 0.15) is 11.5 Å². The number of aromatic nitrogens is 2. The summed E-state index contributed by atoms with van der Waals surface area (Å²) in [5, 5.41) is 3.68. The average molecular weight is 343 g/mol. The van der Waals surface area contributed by atoms with Crippen molar-refractivity contribution in [2.75, 3.05) is 12.4 Å². The molecular formula is C17H17N3O3S. The normalized spacial score (nSPS) is 10.6. The third-order valence-corrected chi connectivity index (χ3v) is 4.44. The van der Waals surface area contributed by atoms with Crippen LogP contribution in [0.1, 0.15) is 16.3 Å². The van der Waals surface area contributed by atoms with E-state index in [1.165, 1.54) is 0 Å². The van der Waals surface area contributed by atoms with Crippen LogP contribution >= 0.6 is 11.8 Å². The Kier molecular flexibility index (Phi) is 4.90. The van der Waals surface area contributed by atoms with Gasteiger partial charge in [-0.15, -0.1) is 0 Å². The second-order valence-corrected chi connectivity index (χ2v) is 5.97. The number of carbonyl (C=O) groups is 1. The number of hydrogen-bond donors (Lipinski definition) is 1. The zero-order valence-electron chi connectivity index (χ0n) is 13.4. The van der Waals surface area contributed by atoms with Crippen molar-refractivity contribution in [2.24, 2.45) is 7.05 Å². The number of thioether (sulfide) groups is 1. The third-order valence-electron chi connectivity index (χ3n) is 3.36. The highest BCUT2D eigenvalue weighted by atomic mass is 32.2. The van der Waals surface area contributed by atoms with Gasteiger partial charge in [-0.3, -0.25) is 4.79 Å². The van der Waals surface area contributed by atoms with Crippen molar-refractivity contribution in [2.45, 2.75) is 10.9 Å². The number of benzene rings is 1. The third kappa shape index (κ3) is 3.62. The molecule has 6 nitrogen and oxygen atoms in total. The molecule has 3 aromatic rings. The fourth-order valence-electron chi connectivity index (χ4n) is 2.14. The van der Waals surface area contributed by atoms with Crippen molar-refractivity contribution in [1.82, 2.24) is 9.55 Å². The summed E-state index contributed by atoms with van der Waals surface area (Å²) in [6.45, 7) is 0. The Morgan fingerprint density at radius 3 is 2.92 bits per heavy atom. The van der Waals surface area contributed by atoms with Gasteiger partial charge in [-0.05, 0) is 24.3 Å². The Morgan fingerprint density at radius 1 is 1.33 bits per heavy atom. The van der Waals surface area contributed by atoms with Crippen LogP contribution in [0.15, 0.2) is 58.4 Å². The Hall–Kier alpha value is -2.67. The van der Waals surface area contributed by atoms with Crippen LogP contribution in [0.2, 0.25) is 0 Å². The van der Waals surface area contributed by atoms with E-state index >= 15 is 0 Å². The maximum absolute atomic E-state index is 12.3. The number of rotatable bonds is 6. The predicted molar refractivity (Wildman–Crippen MR) is 92.4 cm³/mol. The summed E-state index contributed by atoms with van der Waals surface area (Å²) in [5.41, 5.74) is 0.602. The molecule has 0 aliphatic carbocycles. The number of aryl methyl sites for hydroxylation is 1. The molecule has 7 heteroatoms. The summed E-state index contributed by atoms with van der Waals surface area (Å²) >= 11 is 1.55. The van der Waals surface area contributed by atoms with Gasteiger partial charge in [-0.2, -0.15) is 0 Å². The van der Waals surface area contributed by atoms with Crippen LogP contribution in [0.25, 0.3) is 0 Å². The van der Waals surface area contributed by atoms with E-state index in [0.29, 0.717) is 22.9 Å². The van der Waals surface area contributed by atoms with Crippen LogP contribution in [-0.2, 0) is 12.8 Å². The molecule has 0 radical (unpaired) electrons. The molecule has 0 saturated heterocycles. The Morgan fingerprint density at radius 2 is 2.17 bits per heavy atom. The van der Waals surface area contributed by atoms with Crippen LogP contribution in [0.4, 0.5) is 5.69 Å². The molecule has 124 valence electrons. The van der Waals surface area contributed by atoms with Crippen molar-refractivity contribution in [1.29, 1.82) is 0 Å². The molecule has 0 aliphatic rings. The Bertz CT molecular complexity index is 841. The van der Waals surface area contributed by atoms with Gasteiger partial charge in [-0.25, -0.2) is 4.98 Å². The summed E-state index contributed by atoms with van der Waals surface area (Å²) in [6, 6.07) is 10.7. The standard InChI is InChI=1S/C17H17N3O3S/c1-20-10-9-18-17(20)24-11-12-7-8-15(23-12)16(21)19-13-5-3-4-6-14(13)22-2/h3-10H,11H2,1-2H3,(H,19,21). The molecular weight excluding hydrogens is 326 g/mol. The van der Waals surface area contributed by atoms with Gasteiger partial charge >= 0.3 is 0 Å². The highest BCUT2D eigenvalue weighted by molar-refractivity contribution is 7.98. The van der Waals surface area contributed by atoms with Crippen molar-refractivity contribution in [3.8, 4) is 5.75 Å². The largest absolute Gasteiger partial charge is 0.495 e. The Balaban J connectivity index is 1.64. The number of furan rings is 1. The lowest BCUT2D eigenvalue weighted by Gasteiger charge is -2.08. The van der Waals surface area contributed by atoms with Gasteiger partial charge < -0.3 is 19.0 Å². The number of ether oxygens (including phenoxy) is 1. The number of nitrogens with one attached hydrogen (secondary N) is 1. The zero-order chi connectivity index (χ0) is 16.9. The van der Waals surface area contributed by atoms with E-state index in [4.69, 9.17) is 9.15 Å². The summed E-state index contributed by atoms with van der Waals surface area (Å²) in [7, 11) is 3.49. The van der Waals surface area contributed by atoms with Gasteiger partial charge in [0.25, 0.3) is 5.91 Å². The van der Waals surface area contributed by atoms with E-state index in [9.17, 15) is 4.79 Å². The zero-order valence-corrected chi connectivity index (χ0v) is 14.2. The number of carbonyl (C=O) groups excluding carboxylic acids is 1. The smallest absolute Gasteiger partial charge is 0.291 e. The first-order valence-corrected chi connectivity index (χ1v) is 8.29. The van der Waals surface area contributed by atoms with E-state index < -0.39 is 0 Å². The number of hydrogen-bond acceptors (Lipinski definition) is 5. The minimum absolute atomic E-state index is 0.261. The molecule has 2 aromatic heterocycles. The first kappa shape index (κ1) is 16.2. The van der Waals surface area contributed by atoms with Gasteiger partial charge in [0.15, 0.2) is 10.9 Å². The highest BCUT2D eigenvalue weighted by Crippen LogP contribution is 2.25. The maximum Gasteiger partial charge on any atom is 0.291 e. The van der Waals surface area contributed by atoms with Gasteiger partial charge in [0.2, 0.25) is 0 Å². The monoisotopic (exact) mass is 343 g/mol. The molecule has 1 N–H and O–H groups in total. The van der Waals surface area contributed by atoms with Crippen molar-refractivity contribution in [3.63, 3.8) is 0 Å². The molecule has 0 spiro atoms. The Labute approximate surface area is 143 Å². The minimum atomic E-state index is -0.312. The average Bonchev–Trinajstić information content (AvgIpc) is 3.22. The second kappa shape index (κ2) is 7.27. The molecule has 0 unspecified atom stereocenters. The molecule has 24 heavy (non-hydrogen) atoms. The minimum Gasteiger partial charge on any atom is -0.495 e. The lowest BCUT2D eigenvalue weighted by molar-refractivity contribution is 0.0995. The van der Waals surface area contributed by atoms with Crippen molar-refractivity contribution < 1.29 is 13.9 Å². The fourth-order valence-corrected chi connectivity index (χ4v) is 2.96. The molecule has 1 aromatic carbocycles. The van der Waals surface area contributed by atoms with Crippen LogP contribution in [0.5, 0.6) is 5.75 Å². The van der Waals surface area contributed by atoms with Crippen LogP contribution < -0.4 is 10.1 Å². The number of anilines is 1. The number of methoxy groups -OCH3 is 1. The summed E-state index contributed by atoms with van der Waals surface area (Å²) < 4.78 is 12.8. The first-order valence-electron chi connectivity index (χ1n) is 7.30. The maximum atomic E-state index is 12.3. The number of amides is 1. The van der Waals surface area contributed by atoms with Crippen molar-refractivity contribution >= 4 is 23.4 Å². The molecule has 0 bridgehead atoms. The molecule has 2 heterocycles. The molecule has 0 saturated carbocycles. The first-order chi connectivity index (χ1) is 11.7. The van der Waals surface area contributed by atoms with Crippen LogP contribution in [-0.4, -0.2) is 22.6 Å². The number of nitrogens with zero attached hydrogens (tertiary/aromatic N) is 2. The lowest BCUT2D eigenvalue weighted by Crippen LogP contribution is -2.11. The second-order valence-electron chi connectivity index (χ2n) is 5.03. The predicted octanol–water partition coefficient (Wildman–Crippen LogP) is 3.57. The topological polar surface area (TPSA) is 69.3 Å². The lowest BCUT2D eigenvalue weighted by atomic mass is 10.3. The van der Waals surface area contributed by atoms with E-state index in [0.717, 1.165) is 5.16 Å². The molecule has 0 aliphatic heterocycles. The van der Waals surface area contributed by atoms with Gasteiger partial charge in [0, 0.05) is 19.4 Å². The van der Waals surface area contributed by atoms with E-state index in [1.807, 2.05) is 29.9 Å². The van der Waals surface area contributed by atoms with E-state index in [-0.39, 0.29) is 11.7 Å². The molecule has 1 amide bonds. The fraction of sp³-hybridized carbons (Fsp3) is 0.176. The summed E-state index contributed by atoms with van der Waals surface area (Å²) in [5.74, 6) is 1.87. The molecule has 0 fully saturated rings. The number of para-hydroxylation sites is 2. The van der Waals surface area contributed by atoms with Gasteiger partial charge in [-0.1, -0.05) is 23.9 Å². The quantitative estimate of drug-likeness (QED) is 0.693.